The van der Waals surface area contributed by atoms with Crippen molar-refractivity contribution in [1.29, 1.82) is 0 Å². The van der Waals surface area contributed by atoms with Crippen LogP contribution in [0.15, 0.2) is 63.9 Å². The highest BCUT2D eigenvalue weighted by atomic mass is 16.4. The van der Waals surface area contributed by atoms with E-state index in [0.717, 1.165) is 11.1 Å². The van der Waals surface area contributed by atoms with Crippen LogP contribution in [0.25, 0.3) is 17.0 Å². The van der Waals surface area contributed by atoms with Crippen molar-refractivity contribution in [2.24, 2.45) is 0 Å². The fourth-order valence-electron chi connectivity index (χ4n) is 1.94. The number of hydrogen-bond donors (Lipinski definition) is 1. The molecule has 98 valence electrons. The number of carbonyl (C=O) groups is 1. The summed E-state index contributed by atoms with van der Waals surface area (Å²) in [5, 5.41) is 0.726. The molecule has 0 aliphatic rings. The van der Waals surface area contributed by atoms with Crippen molar-refractivity contribution in [3.63, 3.8) is 0 Å². The first kappa shape index (κ1) is 12.2. The van der Waals surface area contributed by atoms with Gasteiger partial charge in [0, 0.05) is 17.3 Å². The van der Waals surface area contributed by atoms with E-state index in [9.17, 15) is 9.59 Å². The largest absolute Gasteiger partial charge is 0.422 e. The highest BCUT2D eigenvalue weighted by Gasteiger charge is 2.10. The number of H-pyrrole nitrogens is 1. The van der Waals surface area contributed by atoms with E-state index in [2.05, 4.69) is 4.98 Å². The van der Waals surface area contributed by atoms with Gasteiger partial charge in [0.1, 0.15) is 11.1 Å². The molecule has 20 heavy (non-hydrogen) atoms. The maximum Gasteiger partial charge on any atom is 0.347 e. The fourth-order valence-corrected chi connectivity index (χ4v) is 1.94. The number of hydrogen-bond acceptors (Lipinski definition) is 3. The lowest BCUT2D eigenvalue weighted by atomic mass is 10.1. The molecular formula is C16H11NO3. The number of benzene rings is 1. The molecule has 0 amide bonds. The Morgan fingerprint density at radius 2 is 2.00 bits per heavy atom. The number of ketones is 1. The molecule has 1 N–H and O–H groups in total. The molecule has 0 saturated carbocycles. The van der Waals surface area contributed by atoms with Gasteiger partial charge in [0.2, 0.25) is 0 Å². The van der Waals surface area contributed by atoms with Gasteiger partial charge in [0.05, 0.1) is 0 Å². The van der Waals surface area contributed by atoms with Crippen molar-refractivity contribution in [3.05, 3.63) is 76.4 Å². The zero-order valence-electron chi connectivity index (χ0n) is 10.5. The number of aromatic amines is 1. The third-order valence-corrected chi connectivity index (χ3v) is 2.94. The Balaban J connectivity index is 1.99. The average molecular weight is 265 g/mol. The lowest BCUT2D eigenvalue weighted by molar-refractivity contribution is 0.104. The molecule has 0 spiro atoms. The average Bonchev–Trinajstić information content (AvgIpc) is 2.97. The predicted octanol–water partition coefficient (Wildman–Crippen LogP) is 3.02. The summed E-state index contributed by atoms with van der Waals surface area (Å²) in [6, 6.07) is 12.3. The second kappa shape index (κ2) is 5.01. The van der Waals surface area contributed by atoms with Crippen LogP contribution in [0.5, 0.6) is 0 Å². The van der Waals surface area contributed by atoms with E-state index in [-0.39, 0.29) is 11.3 Å². The SMILES string of the molecule is O=C(/C=C/c1ccc[nH]1)c1cc2ccccc2oc1=O. The number of allylic oxidation sites excluding steroid dienone is 1. The van der Waals surface area contributed by atoms with E-state index in [4.69, 9.17) is 4.42 Å². The number of rotatable bonds is 3. The standard InChI is InChI=1S/C16H11NO3/c18-14(8-7-12-5-3-9-17-12)13-10-11-4-1-2-6-15(11)20-16(13)19/h1-10,17H/b8-7+. The number of para-hydroxylation sites is 1. The van der Waals surface area contributed by atoms with Crippen molar-refractivity contribution in [2.75, 3.05) is 0 Å². The topological polar surface area (TPSA) is 63.1 Å². The molecule has 0 aliphatic heterocycles. The smallest absolute Gasteiger partial charge is 0.347 e. The van der Waals surface area contributed by atoms with Gasteiger partial charge in [0.25, 0.3) is 0 Å². The first-order valence-electron chi connectivity index (χ1n) is 6.13. The van der Waals surface area contributed by atoms with Gasteiger partial charge in [0.15, 0.2) is 5.78 Å². The summed E-state index contributed by atoms with van der Waals surface area (Å²) in [6.45, 7) is 0. The summed E-state index contributed by atoms with van der Waals surface area (Å²) in [4.78, 5) is 26.8. The maximum absolute atomic E-state index is 12.0. The molecular weight excluding hydrogens is 254 g/mol. The van der Waals surface area contributed by atoms with Crippen LogP contribution >= 0.6 is 0 Å². The Hall–Kier alpha value is -2.88. The normalized spacial score (nSPS) is 11.2. The van der Waals surface area contributed by atoms with Crippen LogP contribution in [0.2, 0.25) is 0 Å². The molecule has 3 rings (SSSR count). The summed E-state index contributed by atoms with van der Waals surface area (Å²) < 4.78 is 5.13. The van der Waals surface area contributed by atoms with E-state index in [1.807, 2.05) is 18.2 Å². The Morgan fingerprint density at radius 1 is 1.15 bits per heavy atom. The first-order valence-corrected chi connectivity index (χ1v) is 6.13. The summed E-state index contributed by atoms with van der Waals surface area (Å²) in [5.74, 6) is -0.376. The second-order valence-corrected chi connectivity index (χ2v) is 4.31. The molecule has 0 radical (unpaired) electrons. The van der Waals surface area contributed by atoms with Gasteiger partial charge in [-0.3, -0.25) is 4.79 Å². The second-order valence-electron chi connectivity index (χ2n) is 4.31. The Kier molecular flexibility index (Phi) is 3.05. The van der Waals surface area contributed by atoms with Gasteiger partial charge < -0.3 is 9.40 Å². The molecule has 0 bridgehead atoms. The van der Waals surface area contributed by atoms with Gasteiger partial charge in [-0.05, 0) is 36.4 Å². The summed E-state index contributed by atoms with van der Waals surface area (Å²) in [7, 11) is 0. The maximum atomic E-state index is 12.0. The van der Waals surface area contributed by atoms with Gasteiger partial charge in [-0.2, -0.15) is 0 Å². The van der Waals surface area contributed by atoms with Crippen molar-refractivity contribution in [1.82, 2.24) is 4.98 Å². The molecule has 2 heterocycles. The first-order chi connectivity index (χ1) is 9.74. The molecule has 2 aromatic heterocycles. The van der Waals surface area contributed by atoms with E-state index >= 15 is 0 Å². The third kappa shape index (κ3) is 2.31. The molecule has 1 aromatic carbocycles. The zero-order chi connectivity index (χ0) is 13.9. The third-order valence-electron chi connectivity index (χ3n) is 2.94. The highest BCUT2D eigenvalue weighted by Crippen LogP contribution is 2.13. The summed E-state index contributed by atoms with van der Waals surface area (Å²) in [5.41, 5.74) is 0.683. The molecule has 3 aromatic rings. The molecule has 0 saturated heterocycles. The molecule has 0 fully saturated rings. The quantitative estimate of drug-likeness (QED) is 0.450. The number of carbonyl (C=O) groups excluding carboxylic acids is 1. The molecule has 0 unspecified atom stereocenters. The van der Waals surface area contributed by atoms with Gasteiger partial charge >= 0.3 is 5.63 Å². The van der Waals surface area contributed by atoms with Crippen LogP contribution < -0.4 is 5.63 Å². The van der Waals surface area contributed by atoms with Crippen molar-refractivity contribution in [3.8, 4) is 0 Å². The van der Waals surface area contributed by atoms with E-state index < -0.39 is 5.63 Å². The number of aromatic nitrogens is 1. The fraction of sp³-hybridized carbons (Fsp3) is 0. The minimum absolute atomic E-state index is 0.0338. The lowest BCUT2D eigenvalue weighted by Crippen LogP contribution is -2.11. The lowest BCUT2D eigenvalue weighted by Gasteiger charge is -1.98. The van der Waals surface area contributed by atoms with Crippen molar-refractivity contribution < 1.29 is 9.21 Å². The van der Waals surface area contributed by atoms with Gasteiger partial charge in [-0.15, -0.1) is 0 Å². The van der Waals surface area contributed by atoms with Gasteiger partial charge in [-0.1, -0.05) is 18.2 Å². The van der Waals surface area contributed by atoms with E-state index in [1.165, 1.54) is 6.08 Å². The monoisotopic (exact) mass is 265 g/mol. The van der Waals surface area contributed by atoms with E-state index in [1.54, 1.807) is 36.5 Å². The van der Waals surface area contributed by atoms with Crippen LogP contribution in [0, 0.1) is 0 Å². The highest BCUT2D eigenvalue weighted by molar-refractivity contribution is 6.07. The van der Waals surface area contributed by atoms with Crippen molar-refractivity contribution >= 4 is 22.8 Å². The van der Waals surface area contributed by atoms with Crippen LogP contribution in [-0.4, -0.2) is 10.8 Å². The number of fused-ring (bicyclic) bond motifs is 1. The minimum atomic E-state index is -0.621. The summed E-state index contributed by atoms with van der Waals surface area (Å²) >= 11 is 0. The molecule has 4 nitrogen and oxygen atoms in total. The van der Waals surface area contributed by atoms with Crippen LogP contribution in [0.4, 0.5) is 0 Å². The number of nitrogens with one attached hydrogen (secondary N) is 1. The minimum Gasteiger partial charge on any atom is -0.422 e. The van der Waals surface area contributed by atoms with Crippen LogP contribution in [-0.2, 0) is 0 Å². The Labute approximate surface area is 114 Å². The van der Waals surface area contributed by atoms with Gasteiger partial charge in [-0.25, -0.2) is 4.79 Å². The Bertz CT molecular complexity index is 842. The zero-order valence-corrected chi connectivity index (χ0v) is 10.5. The van der Waals surface area contributed by atoms with E-state index in [0.29, 0.717) is 5.58 Å². The Morgan fingerprint density at radius 3 is 2.80 bits per heavy atom. The molecule has 4 heteroatoms. The predicted molar refractivity (Wildman–Crippen MR) is 76.6 cm³/mol. The molecule has 0 atom stereocenters. The molecule has 0 aliphatic carbocycles. The van der Waals surface area contributed by atoms with Crippen LogP contribution in [0.3, 0.4) is 0 Å². The summed E-state index contributed by atoms with van der Waals surface area (Å²) in [6.07, 6.45) is 4.73. The van der Waals surface area contributed by atoms with Crippen LogP contribution in [0.1, 0.15) is 16.1 Å². The van der Waals surface area contributed by atoms with Crippen molar-refractivity contribution in [2.45, 2.75) is 0 Å².